The standard InChI is InChI=1S/C18H18OS/c1-19-16-7-5-6-14(12-16)17-8-3-2-4-9-18(17)15-10-11-20-13-15/h2,4-7,9-13,17H,3,8H2,1H3. The molecule has 1 atom stereocenters. The molecule has 2 heteroatoms. The first-order chi connectivity index (χ1) is 9.88. The number of hydrogen-bond donors (Lipinski definition) is 0. The molecule has 1 unspecified atom stereocenters. The average Bonchev–Trinajstić information content (AvgIpc) is 2.92. The highest BCUT2D eigenvalue weighted by molar-refractivity contribution is 7.08. The van der Waals surface area contributed by atoms with E-state index < -0.39 is 0 Å². The first-order valence-corrected chi connectivity index (χ1v) is 7.86. The summed E-state index contributed by atoms with van der Waals surface area (Å²) >= 11 is 1.76. The molecule has 0 radical (unpaired) electrons. The maximum atomic E-state index is 5.37. The predicted molar refractivity (Wildman–Crippen MR) is 86.4 cm³/mol. The van der Waals surface area contributed by atoms with Crippen LogP contribution in [-0.2, 0) is 0 Å². The van der Waals surface area contributed by atoms with Gasteiger partial charge in [-0.15, -0.1) is 0 Å². The van der Waals surface area contributed by atoms with Crippen molar-refractivity contribution in [3.63, 3.8) is 0 Å². The van der Waals surface area contributed by atoms with E-state index in [2.05, 4.69) is 53.3 Å². The summed E-state index contributed by atoms with van der Waals surface area (Å²) in [6.07, 6.45) is 8.97. The minimum atomic E-state index is 0.440. The SMILES string of the molecule is COc1cccc(C2CCC=CC=C2c2ccsc2)c1. The largest absolute Gasteiger partial charge is 0.497 e. The highest BCUT2D eigenvalue weighted by atomic mass is 32.1. The van der Waals surface area contributed by atoms with E-state index >= 15 is 0 Å². The molecule has 0 fully saturated rings. The summed E-state index contributed by atoms with van der Waals surface area (Å²) in [5.41, 5.74) is 4.09. The number of methoxy groups -OCH3 is 1. The first kappa shape index (κ1) is 13.2. The molecule has 0 spiro atoms. The molecule has 0 amide bonds. The molecule has 3 rings (SSSR count). The van der Waals surface area contributed by atoms with Crippen LogP contribution in [0.1, 0.15) is 29.9 Å². The number of hydrogen-bond acceptors (Lipinski definition) is 2. The normalized spacial score (nSPS) is 18.4. The molecule has 0 N–H and O–H groups in total. The lowest BCUT2D eigenvalue weighted by atomic mass is 9.85. The lowest BCUT2D eigenvalue weighted by Gasteiger charge is -2.19. The van der Waals surface area contributed by atoms with Gasteiger partial charge in [-0.05, 0) is 58.5 Å². The highest BCUT2D eigenvalue weighted by Gasteiger charge is 2.19. The Balaban J connectivity index is 2.00. The monoisotopic (exact) mass is 282 g/mol. The van der Waals surface area contributed by atoms with Gasteiger partial charge in [-0.2, -0.15) is 11.3 Å². The Kier molecular flexibility index (Phi) is 4.03. The number of ether oxygens (including phenoxy) is 1. The van der Waals surface area contributed by atoms with Gasteiger partial charge in [0.1, 0.15) is 5.75 Å². The Hall–Kier alpha value is -1.80. The van der Waals surface area contributed by atoms with Gasteiger partial charge in [-0.1, -0.05) is 30.4 Å². The predicted octanol–water partition coefficient (Wildman–Crippen LogP) is 5.27. The van der Waals surface area contributed by atoms with Gasteiger partial charge in [0.15, 0.2) is 0 Å². The second-order valence-corrected chi connectivity index (χ2v) is 5.75. The van der Waals surface area contributed by atoms with Gasteiger partial charge in [0.2, 0.25) is 0 Å². The fraction of sp³-hybridized carbons (Fsp3) is 0.222. The van der Waals surface area contributed by atoms with Crippen LogP contribution in [0.2, 0.25) is 0 Å². The summed E-state index contributed by atoms with van der Waals surface area (Å²) in [6.45, 7) is 0. The minimum absolute atomic E-state index is 0.440. The molecule has 1 nitrogen and oxygen atoms in total. The van der Waals surface area contributed by atoms with Crippen molar-refractivity contribution in [3.8, 4) is 5.75 Å². The summed E-state index contributed by atoms with van der Waals surface area (Å²) in [7, 11) is 1.73. The molecular weight excluding hydrogens is 264 g/mol. The van der Waals surface area contributed by atoms with Crippen molar-refractivity contribution < 1.29 is 4.74 Å². The number of rotatable bonds is 3. The molecule has 0 saturated heterocycles. The van der Waals surface area contributed by atoms with Gasteiger partial charge in [-0.3, -0.25) is 0 Å². The summed E-state index contributed by atoms with van der Waals surface area (Å²) < 4.78 is 5.37. The van der Waals surface area contributed by atoms with Crippen LogP contribution in [0.4, 0.5) is 0 Å². The van der Waals surface area contributed by atoms with E-state index in [-0.39, 0.29) is 0 Å². The molecule has 20 heavy (non-hydrogen) atoms. The number of benzene rings is 1. The zero-order chi connectivity index (χ0) is 13.8. The lowest BCUT2D eigenvalue weighted by Crippen LogP contribution is -2.01. The molecule has 1 heterocycles. The zero-order valence-corrected chi connectivity index (χ0v) is 12.4. The molecule has 0 saturated carbocycles. The topological polar surface area (TPSA) is 9.23 Å². The van der Waals surface area contributed by atoms with Crippen LogP contribution in [0, 0.1) is 0 Å². The fourth-order valence-corrected chi connectivity index (χ4v) is 3.40. The van der Waals surface area contributed by atoms with Crippen molar-refractivity contribution in [3.05, 3.63) is 70.4 Å². The molecule has 1 aliphatic carbocycles. The van der Waals surface area contributed by atoms with Crippen LogP contribution < -0.4 is 4.74 Å². The summed E-state index contributed by atoms with van der Waals surface area (Å²) in [6, 6.07) is 10.7. The minimum Gasteiger partial charge on any atom is -0.497 e. The van der Waals surface area contributed by atoms with Crippen LogP contribution in [0.15, 0.2) is 59.3 Å². The third-order valence-corrected chi connectivity index (χ3v) is 4.44. The van der Waals surface area contributed by atoms with Crippen LogP contribution in [0.3, 0.4) is 0 Å². The van der Waals surface area contributed by atoms with E-state index in [9.17, 15) is 0 Å². The Bertz CT molecular complexity index is 623. The van der Waals surface area contributed by atoms with Crippen molar-refractivity contribution in [1.82, 2.24) is 0 Å². The van der Waals surface area contributed by atoms with Gasteiger partial charge in [0.25, 0.3) is 0 Å². The molecule has 1 aromatic carbocycles. The van der Waals surface area contributed by atoms with E-state index in [1.54, 1.807) is 18.4 Å². The first-order valence-electron chi connectivity index (χ1n) is 6.92. The van der Waals surface area contributed by atoms with Gasteiger partial charge in [0, 0.05) is 5.92 Å². The van der Waals surface area contributed by atoms with Gasteiger partial charge in [-0.25, -0.2) is 0 Å². The summed E-state index contributed by atoms with van der Waals surface area (Å²) in [5, 5.41) is 4.38. The Morgan fingerprint density at radius 3 is 3.00 bits per heavy atom. The molecule has 0 aliphatic heterocycles. The second kappa shape index (κ2) is 6.10. The maximum Gasteiger partial charge on any atom is 0.119 e. The van der Waals surface area contributed by atoms with Crippen molar-refractivity contribution in [2.24, 2.45) is 0 Å². The van der Waals surface area contributed by atoms with Gasteiger partial charge in [0.05, 0.1) is 7.11 Å². The van der Waals surface area contributed by atoms with Crippen molar-refractivity contribution >= 4 is 16.9 Å². The molecule has 1 aliphatic rings. The summed E-state index contributed by atoms with van der Waals surface area (Å²) in [5.74, 6) is 1.37. The van der Waals surface area contributed by atoms with Crippen molar-refractivity contribution in [2.45, 2.75) is 18.8 Å². The Morgan fingerprint density at radius 2 is 2.20 bits per heavy atom. The summed E-state index contributed by atoms with van der Waals surface area (Å²) in [4.78, 5) is 0. The molecule has 1 aromatic heterocycles. The van der Waals surface area contributed by atoms with Crippen LogP contribution >= 0.6 is 11.3 Å². The van der Waals surface area contributed by atoms with Gasteiger partial charge >= 0.3 is 0 Å². The van der Waals surface area contributed by atoms with Crippen molar-refractivity contribution in [2.75, 3.05) is 7.11 Å². The van der Waals surface area contributed by atoms with E-state index in [4.69, 9.17) is 4.74 Å². The third-order valence-electron chi connectivity index (χ3n) is 3.76. The van der Waals surface area contributed by atoms with Crippen LogP contribution in [-0.4, -0.2) is 7.11 Å². The maximum absolute atomic E-state index is 5.37. The van der Waals surface area contributed by atoms with E-state index in [0.717, 1.165) is 18.6 Å². The van der Waals surface area contributed by atoms with Crippen LogP contribution in [0.25, 0.3) is 5.57 Å². The molecule has 0 bridgehead atoms. The molecular formula is C18H18OS. The number of thiophene rings is 1. The Morgan fingerprint density at radius 1 is 1.25 bits per heavy atom. The zero-order valence-electron chi connectivity index (χ0n) is 11.6. The number of allylic oxidation sites excluding steroid dienone is 4. The molecule has 2 aromatic rings. The lowest BCUT2D eigenvalue weighted by molar-refractivity contribution is 0.414. The third kappa shape index (κ3) is 2.70. The van der Waals surface area contributed by atoms with E-state index in [1.165, 1.54) is 16.7 Å². The second-order valence-electron chi connectivity index (χ2n) is 4.97. The van der Waals surface area contributed by atoms with Gasteiger partial charge < -0.3 is 4.74 Å². The highest BCUT2D eigenvalue weighted by Crippen LogP contribution is 2.39. The van der Waals surface area contributed by atoms with E-state index in [1.807, 2.05) is 6.07 Å². The fourth-order valence-electron chi connectivity index (χ4n) is 2.73. The smallest absolute Gasteiger partial charge is 0.119 e. The Labute approximate surface area is 124 Å². The van der Waals surface area contributed by atoms with Crippen molar-refractivity contribution in [1.29, 1.82) is 0 Å². The average molecular weight is 282 g/mol. The van der Waals surface area contributed by atoms with Crippen LogP contribution in [0.5, 0.6) is 5.75 Å². The van der Waals surface area contributed by atoms with E-state index in [0.29, 0.717) is 5.92 Å². The molecule has 102 valence electrons. The quantitative estimate of drug-likeness (QED) is 0.744.